The standard InChI is InChI=1S/C19H16ClF3N4O3S/c1-31(29,30)27-15-6-12(5-13(20)7-15)19(22,23)10-26-18(28)11-4-17(24-8-11)16-3-2-14(21)9-25-16/h2-9,24,27H,10H2,1H3,(H,26,28). The average Bonchev–Trinajstić information content (AvgIpc) is 3.15. The van der Waals surface area contributed by atoms with Crippen molar-refractivity contribution in [2.75, 3.05) is 17.5 Å². The number of H-pyrrole nitrogens is 1. The molecule has 2 aromatic heterocycles. The number of rotatable bonds is 7. The number of aromatic amines is 1. The predicted octanol–water partition coefficient (Wildman–Crippen LogP) is 3.76. The zero-order chi connectivity index (χ0) is 22.8. The van der Waals surface area contributed by atoms with Crippen molar-refractivity contribution in [1.29, 1.82) is 0 Å². The lowest BCUT2D eigenvalue weighted by molar-refractivity contribution is -0.00241. The Labute approximate surface area is 180 Å². The smallest absolute Gasteiger partial charge is 0.290 e. The number of nitrogens with one attached hydrogen (secondary N) is 3. The van der Waals surface area contributed by atoms with E-state index in [1.165, 1.54) is 30.5 Å². The van der Waals surface area contributed by atoms with Crippen LogP contribution in [0.2, 0.25) is 5.02 Å². The number of aromatic nitrogens is 2. The van der Waals surface area contributed by atoms with Crippen LogP contribution in [0.15, 0.2) is 48.8 Å². The molecule has 31 heavy (non-hydrogen) atoms. The van der Waals surface area contributed by atoms with E-state index in [0.29, 0.717) is 11.4 Å². The number of pyridine rings is 1. The second kappa shape index (κ2) is 8.60. The Morgan fingerprint density at radius 1 is 1.23 bits per heavy atom. The van der Waals surface area contributed by atoms with E-state index in [1.54, 1.807) is 0 Å². The van der Waals surface area contributed by atoms with Crippen LogP contribution in [0.4, 0.5) is 18.9 Å². The Hall–Kier alpha value is -3.05. The lowest BCUT2D eigenvalue weighted by atomic mass is 10.1. The first kappa shape index (κ1) is 22.6. The first-order valence-corrected chi connectivity index (χ1v) is 11.0. The van der Waals surface area contributed by atoms with Crippen molar-refractivity contribution in [3.8, 4) is 11.4 Å². The topological polar surface area (TPSA) is 104 Å². The van der Waals surface area contributed by atoms with E-state index in [-0.39, 0.29) is 16.3 Å². The molecule has 12 heteroatoms. The number of anilines is 1. The van der Waals surface area contributed by atoms with Gasteiger partial charge >= 0.3 is 0 Å². The fraction of sp³-hybridized carbons (Fsp3) is 0.158. The largest absolute Gasteiger partial charge is 0.359 e. The summed E-state index contributed by atoms with van der Waals surface area (Å²) in [6.45, 7) is -1.06. The number of carbonyl (C=O) groups is 1. The maximum atomic E-state index is 14.6. The van der Waals surface area contributed by atoms with Gasteiger partial charge in [0.1, 0.15) is 5.82 Å². The van der Waals surface area contributed by atoms with Crippen LogP contribution in [-0.2, 0) is 15.9 Å². The Bertz CT molecular complexity index is 1210. The molecule has 0 spiro atoms. The van der Waals surface area contributed by atoms with E-state index in [9.17, 15) is 26.4 Å². The molecule has 2 heterocycles. The highest BCUT2D eigenvalue weighted by atomic mass is 35.5. The number of halogens is 4. The second-order valence-corrected chi connectivity index (χ2v) is 8.84. The summed E-state index contributed by atoms with van der Waals surface area (Å²) in [6.07, 6.45) is 3.19. The number of nitrogens with zero attached hydrogens (tertiary/aromatic N) is 1. The molecular formula is C19H16ClF3N4O3S. The van der Waals surface area contributed by atoms with Crippen molar-refractivity contribution in [1.82, 2.24) is 15.3 Å². The third-order valence-electron chi connectivity index (χ3n) is 4.04. The molecule has 0 atom stereocenters. The Kier molecular flexibility index (Phi) is 6.27. The van der Waals surface area contributed by atoms with Gasteiger partial charge in [0.05, 0.1) is 41.6 Å². The van der Waals surface area contributed by atoms with Crippen molar-refractivity contribution >= 4 is 33.2 Å². The summed E-state index contributed by atoms with van der Waals surface area (Å²) in [5.74, 6) is -4.83. The summed E-state index contributed by atoms with van der Waals surface area (Å²) >= 11 is 5.83. The van der Waals surface area contributed by atoms with Gasteiger partial charge in [0.25, 0.3) is 11.8 Å². The van der Waals surface area contributed by atoms with Crippen molar-refractivity contribution in [2.45, 2.75) is 5.92 Å². The van der Waals surface area contributed by atoms with E-state index in [1.807, 2.05) is 0 Å². The van der Waals surface area contributed by atoms with E-state index < -0.39 is 39.8 Å². The first-order valence-electron chi connectivity index (χ1n) is 8.68. The summed E-state index contributed by atoms with van der Waals surface area (Å²) in [7, 11) is -3.69. The SMILES string of the molecule is CS(=O)(=O)Nc1cc(Cl)cc(C(F)(F)CNC(=O)c2c[nH]c(-c3ccc(F)cn3)c2)c1. The van der Waals surface area contributed by atoms with Crippen molar-refractivity contribution in [3.63, 3.8) is 0 Å². The van der Waals surface area contributed by atoms with Crippen LogP contribution in [0, 0.1) is 5.82 Å². The number of sulfonamides is 1. The monoisotopic (exact) mass is 472 g/mol. The number of amides is 1. The minimum atomic E-state index is -3.69. The Morgan fingerprint density at radius 3 is 2.61 bits per heavy atom. The van der Waals surface area contributed by atoms with Gasteiger partial charge in [-0.2, -0.15) is 8.78 Å². The summed E-state index contributed by atoms with van der Waals surface area (Å²) in [4.78, 5) is 18.9. The van der Waals surface area contributed by atoms with Gasteiger partial charge in [0.2, 0.25) is 10.0 Å². The lowest BCUT2D eigenvalue weighted by Gasteiger charge is -2.19. The van der Waals surface area contributed by atoms with Crippen LogP contribution in [-0.4, -0.2) is 37.1 Å². The molecule has 164 valence electrons. The quantitative estimate of drug-likeness (QED) is 0.487. The molecule has 1 amide bonds. The number of carbonyl (C=O) groups excluding carboxylic acids is 1. The fourth-order valence-corrected chi connectivity index (χ4v) is 3.46. The van der Waals surface area contributed by atoms with Crippen molar-refractivity contribution in [2.24, 2.45) is 0 Å². The van der Waals surface area contributed by atoms with Crippen LogP contribution in [0.3, 0.4) is 0 Å². The lowest BCUT2D eigenvalue weighted by Crippen LogP contribution is -2.35. The molecule has 7 nitrogen and oxygen atoms in total. The van der Waals surface area contributed by atoms with Gasteiger partial charge in [-0.05, 0) is 36.4 Å². The Morgan fingerprint density at radius 2 is 1.97 bits per heavy atom. The second-order valence-electron chi connectivity index (χ2n) is 6.65. The molecule has 0 aliphatic carbocycles. The van der Waals surface area contributed by atoms with E-state index in [2.05, 4.69) is 20.0 Å². The molecule has 0 bridgehead atoms. The predicted molar refractivity (Wildman–Crippen MR) is 110 cm³/mol. The molecule has 3 N–H and O–H groups in total. The maximum absolute atomic E-state index is 14.6. The molecule has 0 saturated carbocycles. The third-order valence-corrected chi connectivity index (χ3v) is 4.87. The van der Waals surface area contributed by atoms with Gasteiger partial charge < -0.3 is 10.3 Å². The summed E-state index contributed by atoms with van der Waals surface area (Å²) in [5, 5.41) is 2.03. The normalized spacial score (nSPS) is 11.9. The zero-order valence-corrected chi connectivity index (χ0v) is 17.5. The fourth-order valence-electron chi connectivity index (χ4n) is 2.68. The zero-order valence-electron chi connectivity index (χ0n) is 15.9. The summed E-state index contributed by atoms with van der Waals surface area (Å²) in [5.41, 5.74) is 0.149. The molecule has 0 saturated heterocycles. The molecule has 1 aromatic carbocycles. The highest BCUT2D eigenvalue weighted by molar-refractivity contribution is 7.92. The van der Waals surface area contributed by atoms with E-state index in [0.717, 1.165) is 24.6 Å². The minimum absolute atomic E-state index is 0.0717. The molecule has 0 aliphatic heterocycles. The molecule has 0 fully saturated rings. The summed E-state index contributed by atoms with van der Waals surface area (Å²) in [6, 6.07) is 7.09. The van der Waals surface area contributed by atoms with E-state index >= 15 is 0 Å². The number of hydrogen-bond acceptors (Lipinski definition) is 4. The highest BCUT2D eigenvalue weighted by Gasteiger charge is 2.33. The van der Waals surface area contributed by atoms with Gasteiger partial charge in [-0.15, -0.1) is 0 Å². The summed E-state index contributed by atoms with van der Waals surface area (Å²) < 4.78 is 67.0. The van der Waals surface area contributed by atoms with Gasteiger partial charge in [-0.1, -0.05) is 11.6 Å². The van der Waals surface area contributed by atoms with Gasteiger partial charge in [0, 0.05) is 16.8 Å². The highest BCUT2D eigenvalue weighted by Crippen LogP contribution is 2.32. The van der Waals surface area contributed by atoms with Crippen molar-refractivity contribution in [3.05, 3.63) is 70.8 Å². The van der Waals surface area contributed by atoms with Crippen LogP contribution >= 0.6 is 11.6 Å². The average molecular weight is 473 g/mol. The third kappa shape index (κ3) is 5.98. The molecule has 0 unspecified atom stereocenters. The number of alkyl halides is 2. The van der Waals surface area contributed by atoms with Crippen LogP contribution < -0.4 is 10.0 Å². The van der Waals surface area contributed by atoms with E-state index in [4.69, 9.17) is 11.6 Å². The maximum Gasteiger partial charge on any atom is 0.290 e. The van der Waals surface area contributed by atoms with Crippen LogP contribution in [0.1, 0.15) is 15.9 Å². The molecule has 0 aliphatic rings. The Balaban J connectivity index is 1.71. The minimum Gasteiger partial charge on any atom is -0.359 e. The van der Waals surface area contributed by atoms with Gasteiger partial charge in [-0.3, -0.25) is 14.5 Å². The molecule has 3 rings (SSSR count). The molecular weight excluding hydrogens is 457 g/mol. The number of hydrogen-bond donors (Lipinski definition) is 3. The molecule has 0 radical (unpaired) electrons. The molecule has 3 aromatic rings. The van der Waals surface area contributed by atoms with Gasteiger partial charge in [-0.25, -0.2) is 12.8 Å². The van der Waals surface area contributed by atoms with Crippen molar-refractivity contribution < 1.29 is 26.4 Å². The van der Waals surface area contributed by atoms with Crippen LogP contribution in [0.5, 0.6) is 0 Å². The first-order chi connectivity index (χ1) is 14.4. The number of benzene rings is 1. The van der Waals surface area contributed by atoms with Gasteiger partial charge in [0.15, 0.2) is 0 Å². The van der Waals surface area contributed by atoms with Crippen LogP contribution in [0.25, 0.3) is 11.4 Å².